The molecule has 0 spiro atoms. The number of nitrogens with one attached hydrogen (secondary N) is 1. The molecule has 0 aliphatic heterocycles. The molecule has 1 aromatic rings. The number of anilines is 2. The van der Waals surface area contributed by atoms with Gasteiger partial charge in [-0.15, -0.1) is 0 Å². The summed E-state index contributed by atoms with van der Waals surface area (Å²) in [6.45, 7) is 10.0. The molecule has 1 unspecified atom stereocenters. The van der Waals surface area contributed by atoms with Crippen LogP contribution < -0.4 is 10.2 Å². The highest BCUT2D eigenvalue weighted by molar-refractivity contribution is 5.59. The van der Waals surface area contributed by atoms with E-state index in [9.17, 15) is 0 Å². The van der Waals surface area contributed by atoms with Gasteiger partial charge in [0.2, 0.25) is 0 Å². The minimum atomic E-state index is 0.511. The third-order valence-electron chi connectivity index (χ3n) is 3.81. The lowest BCUT2D eigenvalue weighted by molar-refractivity contribution is 0.586. The average Bonchev–Trinajstić information content (AvgIpc) is 2.48. The van der Waals surface area contributed by atoms with Gasteiger partial charge in [-0.25, -0.2) is 9.97 Å². The van der Waals surface area contributed by atoms with E-state index < -0.39 is 0 Å². The zero-order chi connectivity index (χ0) is 15.0. The van der Waals surface area contributed by atoms with Gasteiger partial charge in [-0.2, -0.15) is 0 Å². The van der Waals surface area contributed by atoms with Gasteiger partial charge in [0, 0.05) is 25.2 Å². The zero-order valence-corrected chi connectivity index (χ0v) is 13.7. The van der Waals surface area contributed by atoms with Crippen LogP contribution in [0.4, 0.5) is 11.6 Å². The first-order valence-electron chi connectivity index (χ1n) is 7.97. The van der Waals surface area contributed by atoms with E-state index in [1.807, 2.05) is 7.05 Å². The maximum atomic E-state index is 4.60. The van der Waals surface area contributed by atoms with Crippen molar-refractivity contribution in [2.75, 3.05) is 23.8 Å². The zero-order valence-electron chi connectivity index (χ0n) is 13.7. The monoisotopic (exact) mass is 278 g/mol. The van der Waals surface area contributed by atoms with Gasteiger partial charge in [-0.1, -0.05) is 33.6 Å². The quantitative estimate of drug-likeness (QED) is 0.744. The Labute approximate surface area is 124 Å². The molecule has 0 saturated heterocycles. The van der Waals surface area contributed by atoms with Crippen molar-refractivity contribution in [2.45, 2.75) is 65.8 Å². The standard InChI is InChI=1S/C16H30N4/c1-6-9-11-20(13(4)8-3)16-14(10-7-2)15(17-5)18-12-19-16/h12-13H,6-11H2,1-5H3,(H,17,18,19). The summed E-state index contributed by atoms with van der Waals surface area (Å²) >= 11 is 0. The van der Waals surface area contributed by atoms with Gasteiger partial charge in [-0.05, 0) is 26.2 Å². The third-order valence-corrected chi connectivity index (χ3v) is 3.81. The molecular formula is C16H30N4. The first-order chi connectivity index (χ1) is 9.69. The number of hydrogen-bond donors (Lipinski definition) is 1. The molecule has 0 aliphatic carbocycles. The summed E-state index contributed by atoms with van der Waals surface area (Å²) in [5, 5.41) is 3.21. The van der Waals surface area contributed by atoms with Crippen LogP contribution in [-0.4, -0.2) is 29.6 Å². The van der Waals surface area contributed by atoms with Crippen LogP contribution in [-0.2, 0) is 6.42 Å². The van der Waals surface area contributed by atoms with Crippen LogP contribution in [0.15, 0.2) is 6.33 Å². The molecule has 0 aliphatic rings. The Hall–Kier alpha value is -1.32. The molecule has 1 heterocycles. The summed E-state index contributed by atoms with van der Waals surface area (Å²) in [6.07, 6.45) is 7.35. The Morgan fingerprint density at radius 2 is 1.95 bits per heavy atom. The second-order valence-electron chi connectivity index (χ2n) is 5.33. The van der Waals surface area contributed by atoms with Crippen molar-refractivity contribution < 1.29 is 0 Å². The lowest BCUT2D eigenvalue weighted by atomic mass is 10.1. The Morgan fingerprint density at radius 3 is 2.50 bits per heavy atom. The van der Waals surface area contributed by atoms with Crippen LogP contribution in [0.3, 0.4) is 0 Å². The molecule has 0 bridgehead atoms. The second kappa shape index (κ2) is 8.77. The minimum Gasteiger partial charge on any atom is -0.373 e. The minimum absolute atomic E-state index is 0.511. The summed E-state index contributed by atoms with van der Waals surface area (Å²) in [6, 6.07) is 0.511. The molecule has 1 rings (SSSR count). The van der Waals surface area contributed by atoms with E-state index >= 15 is 0 Å². The molecule has 0 fully saturated rings. The Bertz CT molecular complexity index is 392. The number of aromatic nitrogens is 2. The highest BCUT2D eigenvalue weighted by Gasteiger charge is 2.19. The van der Waals surface area contributed by atoms with Gasteiger partial charge < -0.3 is 10.2 Å². The van der Waals surface area contributed by atoms with Gasteiger partial charge in [0.05, 0.1) is 0 Å². The van der Waals surface area contributed by atoms with Crippen LogP contribution in [0.1, 0.15) is 58.9 Å². The molecule has 1 N–H and O–H groups in total. The maximum Gasteiger partial charge on any atom is 0.137 e. The van der Waals surface area contributed by atoms with E-state index in [0.29, 0.717) is 6.04 Å². The first-order valence-corrected chi connectivity index (χ1v) is 7.97. The number of unbranched alkanes of at least 4 members (excludes halogenated alkanes) is 1. The van der Waals surface area contributed by atoms with E-state index in [2.05, 4.69) is 47.9 Å². The molecule has 0 aromatic carbocycles. The fourth-order valence-electron chi connectivity index (χ4n) is 2.43. The Balaban J connectivity index is 3.16. The molecule has 0 radical (unpaired) electrons. The normalized spacial score (nSPS) is 12.2. The number of hydrogen-bond acceptors (Lipinski definition) is 4. The molecule has 1 aromatic heterocycles. The van der Waals surface area contributed by atoms with Crippen molar-refractivity contribution in [1.82, 2.24) is 9.97 Å². The average molecular weight is 278 g/mol. The van der Waals surface area contributed by atoms with Crippen LogP contribution in [0, 0.1) is 0 Å². The molecule has 0 saturated carbocycles. The van der Waals surface area contributed by atoms with Crippen LogP contribution in [0.2, 0.25) is 0 Å². The highest BCUT2D eigenvalue weighted by Crippen LogP contribution is 2.27. The van der Waals surface area contributed by atoms with Crippen molar-refractivity contribution in [3.8, 4) is 0 Å². The molecule has 0 amide bonds. The molecule has 114 valence electrons. The fraction of sp³-hybridized carbons (Fsp3) is 0.750. The lowest BCUT2D eigenvalue weighted by Gasteiger charge is -2.31. The third kappa shape index (κ3) is 4.09. The number of rotatable bonds is 9. The van der Waals surface area contributed by atoms with Gasteiger partial charge in [-0.3, -0.25) is 0 Å². The van der Waals surface area contributed by atoms with Crippen molar-refractivity contribution in [3.05, 3.63) is 11.9 Å². The summed E-state index contributed by atoms with van der Waals surface area (Å²) in [5.74, 6) is 2.09. The fourth-order valence-corrected chi connectivity index (χ4v) is 2.43. The number of nitrogens with zero attached hydrogens (tertiary/aromatic N) is 3. The molecule has 20 heavy (non-hydrogen) atoms. The van der Waals surface area contributed by atoms with Gasteiger partial charge in [0.25, 0.3) is 0 Å². The SMILES string of the molecule is CCCCN(c1ncnc(NC)c1CCC)C(C)CC. The van der Waals surface area contributed by atoms with Crippen LogP contribution in [0.5, 0.6) is 0 Å². The lowest BCUT2D eigenvalue weighted by Crippen LogP contribution is -2.35. The van der Waals surface area contributed by atoms with Crippen molar-refractivity contribution in [3.63, 3.8) is 0 Å². The van der Waals surface area contributed by atoms with E-state index in [1.54, 1.807) is 6.33 Å². The van der Waals surface area contributed by atoms with Gasteiger partial charge in [0.1, 0.15) is 18.0 Å². The molecule has 1 atom stereocenters. The summed E-state index contributed by atoms with van der Waals surface area (Å²) in [5.41, 5.74) is 1.26. The van der Waals surface area contributed by atoms with Crippen molar-refractivity contribution in [1.29, 1.82) is 0 Å². The van der Waals surface area contributed by atoms with Crippen molar-refractivity contribution in [2.24, 2.45) is 0 Å². The summed E-state index contributed by atoms with van der Waals surface area (Å²) < 4.78 is 0. The second-order valence-corrected chi connectivity index (χ2v) is 5.33. The van der Waals surface area contributed by atoms with Crippen LogP contribution in [0.25, 0.3) is 0 Å². The van der Waals surface area contributed by atoms with E-state index in [-0.39, 0.29) is 0 Å². The summed E-state index contributed by atoms with van der Waals surface area (Å²) in [4.78, 5) is 11.4. The first kappa shape index (κ1) is 16.7. The van der Waals surface area contributed by atoms with Crippen molar-refractivity contribution >= 4 is 11.6 Å². The Morgan fingerprint density at radius 1 is 1.20 bits per heavy atom. The largest absolute Gasteiger partial charge is 0.373 e. The summed E-state index contributed by atoms with van der Waals surface area (Å²) in [7, 11) is 1.94. The highest BCUT2D eigenvalue weighted by atomic mass is 15.2. The van der Waals surface area contributed by atoms with E-state index in [4.69, 9.17) is 0 Å². The smallest absolute Gasteiger partial charge is 0.137 e. The predicted octanol–water partition coefficient (Wildman–Crippen LogP) is 3.88. The predicted molar refractivity (Wildman–Crippen MR) is 87.6 cm³/mol. The molecule has 4 heteroatoms. The van der Waals surface area contributed by atoms with E-state index in [1.165, 1.54) is 18.4 Å². The topological polar surface area (TPSA) is 41.1 Å². The maximum absolute atomic E-state index is 4.60. The van der Waals surface area contributed by atoms with Crippen LogP contribution >= 0.6 is 0 Å². The Kier molecular flexibility index (Phi) is 7.34. The molecule has 4 nitrogen and oxygen atoms in total. The van der Waals surface area contributed by atoms with E-state index in [0.717, 1.165) is 37.4 Å². The van der Waals surface area contributed by atoms with Gasteiger partial charge >= 0.3 is 0 Å². The molecular weight excluding hydrogens is 248 g/mol. The van der Waals surface area contributed by atoms with Gasteiger partial charge in [0.15, 0.2) is 0 Å².